The van der Waals surface area contributed by atoms with E-state index in [-0.39, 0.29) is 6.54 Å². The summed E-state index contributed by atoms with van der Waals surface area (Å²) < 4.78 is 26.7. The molecular weight excluding hydrogens is 426 g/mol. The molecule has 1 atom stereocenters. The second-order valence-electron chi connectivity index (χ2n) is 5.21. The highest BCUT2D eigenvalue weighted by Crippen LogP contribution is 2.39. The van der Waals surface area contributed by atoms with Gasteiger partial charge in [0.05, 0.1) is 34.4 Å². The Hall–Kier alpha value is -1.92. The van der Waals surface area contributed by atoms with Gasteiger partial charge in [-0.1, -0.05) is 24.3 Å². The number of sulfonamides is 1. The quantitative estimate of drug-likeness (QED) is 0.398. The molecule has 1 unspecified atom stereocenters. The van der Waals surface area contributed by atoms with Gasteiger partial charge in [-0.2, -0.15) is 9.98 Å². The Balaban J connectivity index is 2.06. The van der Waals surface area contributed by atoms with Gasteiger partial charge in [-0.3, -0.25) is 4.31 Å². The summed E-state index contributed by atoms with van der Waals surface area (Å²) >= 11 is 9.62. The number of hydrogen-bond acceptors (Lipinski definition) is 4. The molecule has 0 bridgehead atoms. The number of para-hydroxylation sites is 1. The van der Waals surface area contributed by atoms with Crippen LogP contribution in [0.5, 0.6) is 0 Å². The van der Waals surface area contributed by atoms with Crippen molar-refractivity contribution in [3.8, 4) is 0 Å². The fourth-order valence-electron chi connectivity index (χ4n) is 2.46. The summed E-state index contributed by atoms with van der Waals surface area (Å²) in [6.45, 7) is 3.74. The molecule has 8 heteroatoms. The summed E-state index contributed by atoms with van der Waals surface area (Å²) in [5, 5.41) is 0.645. The minimum absolute atomic E-state index is 0.134. The van der Waals surface area contributed by atoms with Gasteiger partial charge in [0.2, 0.25) is 0 Å². The second kappa shape index (κ2) is 7.14. The van der Waals surface area contributed by atoms with Crippen molar-refractivity contribution in [1.82, 2.24) is 4.31 Å². The number of rotatable bonds is 4. The number of hydrogen-bond donors (Lipinski definition) is 0. The second-order valence-corrected chi connectivity index (χ2v) is 8.24. The maximum absolute atomic E-state index is 12.3. The van der Waals surface area contributed by atoms with Gasteiger partial charge in [0.15, 0.2) is 0 Å². The zero-order chi connectivity index (χ0) is 18.0. The normalized spacial score (nSPS) is 20.6. The van der Waals surface area contributed by atoms with Gasteiger partial charge < -0.3 is 0 Å². The molecular formula is C17H13BrClN3O2S. The molecule has 1 aromatic carbocycles. The van der Waals surface area contributed by atoms with Crippen molar-refractivity contribution in [3.63, 3.8) is 0 Å². The van der Waals surface area contributed by atoms with Crippen LogP contribution in [0.3, 0.4) is 0 Å². The number of benzene rings is 1. The minimum atomic E-state index is -3.59. The standard InChI is InChI=1S/C17H13BrClN3O2S/c1-2-9-22-17-12(10-25(22,23)24)14(19)7-8-16(17)21-11-20-15-6-4-3-5-13(15)18/h2-8,10,14H,1,9H2. The average Bonchev–Trinajstić information content (AvgIpc) is 2.84. The van der Waals surface area contributed by atoms with Crippen LogP contribution in [-0.4, -0.2) is 30.7 Å². The number of allylic oxidation sites excluding steroid dienone is 3. The molecule has 5 nitrogen and oxygen atoms in total. The lowest BCUT2D eigenvalue weighted by Crippen LogP contribution is -2.26. The van der Waals surface area contributed by atoms with Crippen molar-refractivity contribution in [2.75, 3.05) is 6.54 Å². The summed E-state index contributed by atoms with van der Waals surface area (Å²) in [6.07, 6.45) is 4.87. The van der Waals surface area contributed by atoms with Crippen molar-refractivity contribution < 1.29 is 8.42 Å². The van der Waals surface area contributed by atoms with Crippen LogP contribution in [0.25, 0.3) is 0 Å². The Labute approximate surface area is 159 Å². The van der Waals surface area contributed by atoms with Gasteiger partial charge in [0.25, 0.3) is 10.0 Å². The fourth-order valence-corrected chi connectivity index (χ4v) is 4.62. The predicted octanol–water partition coefficient (Wildman–Crippen LogP) is 4.36. The lowest BCUT2D eigenvalue weighted by Gasteiger charge is -2.22. The molecule has 3 rings (SSSR count). The third kappa shape index (κ3) is 3.55. The SMILES string of the molecule is C=CCN1C2=C(N=C=Nc3ccccc3Br)C=CC(Cl)C2=CS1(=O)=O. The first-order valence-corrected chi connectivity index (χ1v) is 10.0. The molecule has 0 saturated carbocycles. The Bertz CT molecular complexity index is 989. The first-order valence-electron chi connectivity index (χ1n) is 7.27. The van der Waals surface area contributed by atoms with E-state index in [2.05, 4.69) is 38.5 Å². The van der Waals surface area contributed by atoms with Crippen molar-refractivity contribution >= 4 is 49.2 Å². The molecule has 0 amide bonds. The van der Waals surface area contributed by atoms with Crippen molar-refractivity contribution in [2.24, 2.45) is 9.98 Å². The van der Waals surface area contributed by atoms with E-state index in [4.69, 9.17) is 11.6 Å². The highest BCUT2D eigenvalue weighted by Gasteiger charge is 2.37. The van der Waals surface area contributed by atoms with Crippen LogP contribution < -0.4 is 0 Å². The highest BCUT2D eigenvalue weighted by molar-refractivity contribution is 9.10. The summed E-state index contributed by atoms with van der Waals surface area (Å²) in [6, 6.07) is 10.0. The van der Waals surface area contributed by atoms with E-state index in [0.717, 1.165) is 4.47 Å². The Morgan fingerprint density at radius 1 is 1.36 bits per heavy atom. The monoisotopic (exact) mass is 437 g/mol. The molecule has 128 valence electrons. The number of aliphatic imine (C=N–C) groups is 2. The van der Waals surface area contributed by atoms with Crippen LogP contribution in [0, 0.1) is 0 Å². The highest BCUT2D eigenvalue weighted by atomic mass is 79.9. The van der Waals surface area contributed by atoms with Crippen molar-refractivity contribution in [1.29, 1.82) is 0 Å². The van der Waals surface area contributed by atoms with Crippen LogP contribution >= 0.6 is 27.5 Å². The van der Waals surface area contributed by atoms with Gasteiger partial charge in [0, 0.05) is 10.0 Å². The molecule has 1 heterocycles. The predicted molar refractivity (Wildman–Crippen MR) is 103 cm³/mol. The van der Waals surface area contributed by atoms with E-state index in [1.807, 2.05) is 24.3 Å². The molecule has 1 aliphatic carbocycles. The molecule has 1 aliphatic heterocycles. The maximum Gasteiger partial charge on any atom is 0.258 e. The maximum atomic E-state index is 12.3. The molecule has 0 N–H and O–H groups in total. The lowest BCUT2D eigenvalue weighted by atomic mass is 10.0. The Kier molecular flexibility index (Phi) is 5.11. The molecule has 25 heavy (non-hydrogen) atoms. The van der Waals surface area contributed by atoms with E-state index in [1.165, 1.54) is 15.8 Å². The summed E-state index contributed by atoms with van der Waals surface area (Å²) in [5.41, 5.74) is 2.04. The van der Waals surface area contributed by atoms with E-state index in [1.54, 1.807) is 12.2 Å². The summed E-state index contributed by atoms with van der Waals surface area (Å²) in [4.78, 5) is 8.38. The molecule has 0 spiro atoms. The van der Waals surface area contributed by atoms with Gasteiger partial charge in [-0.25, -0.2) is 8.42 Å². The molecule has 1 aromatic rings. The number of alkyl halides is 1. The largest absolute Gasteiger partial charge is 0.260 e. The third-order valence-electron chi connectivity index (χ3n) is 3.56. The van der Waals surface area contributed by atoms with Gasteiger partial charge in [0.1, 0.15) is 6.01 Å². The zero-order valence-corrected chi connectivity index (χ0v) is 16.1. The van der Waals surface area contributed by atoms with Crippen LogP contribution in [0.1, 0.15) is 0 Å². The molecule has 0 saturated heterocycles. The van der Waals surface area contributed by atoms with E-state index in [9.17, 15) is 8.42 Å². The molecule has 0 aromatic heterocycles. The first-order chi connectivity index (χ1) is 11.9. The Morgan fingerprint density at radius 3 is 2.84 bits per heavy atom. The van der Waals surface area contributed by atoms with Crippen LogP contribution in [0.4, 0.5) is 5.69 Å². The number of fused-ring (bicyclic) bond motifs is 1. The molecule has 0 radical (unpaired) electrons. The number of nitrogens with zero attached hydrogens (tertiary/aromatic N) is 3. The van der Waals surface area contributed by atoms with E-state index >= 15 is 0 Å². The van der Waals surface area contributed by atoms with E-state index in [0.29, 0.717) is 22.7 Å². The van der Waals surface area contributed by atoms with Crippen LogP contribution in [0.2, 0.25) is 0 Å². The number of halogens is 2. The smallest absolute Gasteiger partial charge is 0.258 e. The third-order valence-corrected chi connectivity index (χ3v) is 6.11. The Morgan fingerprint density at radius 2 is 2.12 bits per heavy atom. The van der Waals surface area contributed by atoms with Crippen LogP contribution in [-0.2, 0) is 10.0 Å². The van der Waals surface area contributed by atoms with Gasteiger partial charge in [-0.15, -0.1) is 18.2 Å². The average molecular weight is 439 g/mol. The van der Waals surface area contributed by atoms with Gasteiger partial charge >= 0.3 is 0 Å². The topological polar surface area (TPSA) is 62.1 Å². The minimum Gasteiger partial charge on any atom is -0.260 e. The molecule has 0 fully saturated rings. The fraction of sp³-hybridized carbons (Fsp3) is 0.118. The molecule has 2 aliphatic rings. The van der Waals surface area contributed by atoms with Crippen molar-refractivity contribution in [3.05, 3.63) is 75.9 Å². The summed E-state index contributed by atoms with van der Waals surface area (Å²) in [7, 11) is -3.59. The lowest BCUT2D eigenvalue weighted by molar-refractivity contribution is 0.521. The zero-order valence-electron chi connectivity index (χ0n) is 12.9. The van der Waals surface area contributed by atoms with Crippen LogP contribution in [0.15, 0.2) is 85.9 Å². The van der Waals surface area contributed by atoms with Gasteiger partial charge in [-0.05, 0) is 34.1 Å². The van der Waals surface area contributed by atoms with Crippen molar-refractivity contribution in [2.45, 2.75) is 5.38 Å². The van der Waals surface area contributed by atoms with E-state index < -0.39 is 15.4 Å². The summed E-state index contributed by atoms with van der Waals surface area (Å²) in [5.74, 6) is 0. The first kappa shape index (κ1) is 17.9.